The molecule has 22 nitrogen and oxygen atoms in total. The number of halogens is 1. The molecule has 23 heteroatoms. The first-order chi connectivity index (χ1) is 38.5. The number of aromatic nitrogens is 2. The molecule has 0 spiro atoms. The summed E-state index contributed by atoms with van der Waals surface area (Å²) in [4.78, 5) is 125. The number of hydrogen-bond donors (Lipinski definition) is 6. The maximum atomic E-state index is 15.5. The highest BCUT2D eigenvalue weighted by molar-refractivity contribution is 6.12. The lowest BCUT2D eigenvalue weighted by Crippen LogP contribution is -2.52. The molecule has 424 valence electrons. The number of amides is 7. The second-order valence-corrected chi connectivity index (χ2v) is 20.8. The number of fused-ring (bicyclic) bond motifs is 5. The number of hydrogen-bond acceptors (Lipinski definition) is 15. The first-order valence-electron chi connectivity index (χ1n) is 27.3. The van der Waals surface area contributed by atoms with E-state index < -0.39 is 54.3 Å². The van der Waals surface area contributed by atoms with Crippen LogP contribution in [0.5, 0.6) is 0 Å². The van der Waals surface area contributed by atoms with E-state index in [0.29, 0.717) is 67.7 Å². The Bertz CT molecular complexity index is 3180. The van der Waals surface area contributed by atoms with E-state index >= 15 is 4.39 Å². The van der Waals surface area contributed by atoms with Crippen LogP contribution in [0.4, 0.5) is 4.39 Å². The summed E-state index contributed by atoms with van der Waals surface area (Å²) in [7, 11) is 0. The highest BCUT2D eigenvalue weighted by Gasteiger charge is 2.47. The molecule has 1 fully saturated rings. The Hall–Kier alpha value is -7.73. The van der Waals surface area contributed by atoms with Gasteiger partial charge in [-0.3, -0.25) is 53.1 Å². The van der Waals surface area contributed by atoms with E-state index in [2.05, 4.69) is 36.4 Å². The number of pyridine rings is 2. The van der Waals surface area contributed by atoms with Gasteiger partial charge >= 0.3 is 5.97 Å². The largest absolute Gasteiger partial charge is 0.458 e. The Balaban J connectivity index is 0.714. The Morgan fingerprint density at radius 1 is 0.850 bits per heavy atom. The monoisotopic (exact) mass is 1100 g/mol. The summed E-state index contributed by atoms with van der Waals surface area (Å²) >= 11 is 0. The van der Waals surface area contributed by atoms with Crippen LogP contribution in [-0.4, -0.2) is 155 Å². The second-order valence-electron chi connectivity index (χ2n) is 20.8. The summed E-state index contributed by atoms with van der Waals surface area (Å²) < 4.78 is 28.3. The molecule has 4 aliphatic heterocycles. The van der Waals surface area contributed by atoms with Crippen LogP contribution in [0.15, 0.2) is 59.4 Å². The second kappa shape index (κ2) is 25.2. The summed E-state index contributed by atoms with van der Waals surface area (Å²) in [5, 5.41) is 25.3. The summed E-state index contributed by atoms with van der Waals surface area (Å²) in [6.07, 6.45) is 6.22. The van der Waals surface area contributed by atoms with Crippen molar-refractivity contribution in [1.29, 1.82) is 0 Å². The number of piperazine rings is 1. The zero-order chi connectivity index (χ0) is 56.7. The van der Waals surface area contributed by atoms with Crippen molar-refractivity contribution >= 4 is 58.2 Å². The molecule has 3 atom stereocenters. The molecule has 6 heterocycles. The fourth-order valence-corrected chi connectivity index (χ4v) is 11.4. The average molecular weight is 1100 g/mol. The normalized spacial score (nSPS) is 18.8. The third-order valence-corrected chi connectivity index (χ3v) is 15.7. The summed E-state index contributed by atoms with van der Waals surface area (Å²) in [5.74, 6) is -4.66. The van der Waals surface area contributed by atoms with Crippen LogP contribution in [0.2, 0.25) is 0 Å². The Kier molecular flexibility index (Phi) is 17.9. The van der Waals surface area contributed by atoms with Crippen LogP contribution >= 0.6 is 0 Å². The number of rotatable bonds is 24. The number of benzene rings is 2. The minimum absolute atomic E-state index is 0.0454. The molecule has 4 aromatic rings. The van der Waals surface area contributed by atoms with Crippen molar-refractivity contribution in [3.05, 3.63) is 110 Å². The SMILES string of the molecule is CCC[C@@]1(O)C(=O)OCc2c1cc1n(c2=O)Cc2c-1nc1cc(F)c(C)c3c1c2[C@@H](N1CCN(CCOCNC(=O)CNC(=O)[C@H](Cc2ccccc2)NC(=O)CNC(=O)CNC(=O)CCCCCN2C(=O)C=CC2=O)CC1)CC3. The van der Waals surface area contributed by atoms with Crippen LogP contribution in [0, 0.1) is 12.7 Å². The lowest BCUT2D eigenvalue weighted by molar-refractivity contribution is -0.172. The Morgan fingerprint density at radius 3 is 2.31 bits per heavy atom. The molecule has 2 aromatic carbocycles. The standard InChI is InChI=1S/C57H67FN10O12/c1-3-17-57(78)39-26-44-53-37(31-68(44)55(76)38(39)32-80-56(57)77)52-43(14-13-36-34(2)40(58)27-41(64-53)51(36)52)66-21-19-65(20-22-66)23-24-79-33-62-47(71)29-61-54(75)42(25-35-10-6-4-7-11-35)63-48(72)30-60-46(70)28-59-45(69)12-8-5-9-18-67-49(73)15-16-50(67)74/h4,6-7,10-11,15-16,26-27,42-43,78H,3,5,8-9,12-14,17-25,28-33H2,1-2H3,(H,59,69)(H,60,70)(H,61,75)(H,62,71)(H,63,72)/t42-,43-,57-/m0/s1. The third-order valence-electron chi connectivity index (χ3n) is 15.7. The van der Waals surface area contributed by atoms with Gasteiger partial charge in [-0.25, -0.2) is 14.2 Å². The number of carbonyl (C=O) groups is 8. The van der Waals surface area contributed by atoms with Gasteiger partial charge in [0, 0.05) is 92.9 Å². The summed E-state index contributed by atoms with van der Waals surface area (Å²) in [5.41, 5.74) is 3.84. The topological polar surface area (TPSA) is 280 Å². The van der Waals surface area contributed by atoms with E-state index in [-0.39, 0.29) is 98.5 Å². The van der Waals surface area contributed by atoms with Crippen LogP contribution in [-0.2, 0) is 79.4 Å². The lowest BCUT2D eigenvalue weighted by Gasteiger charge is -2.42. The highest BCUT2D eigenvalue weighted by Crippen LogP contribution is 2.47. The molecular formula is C57H67FN10O12. The van der Waals surface area contributed by atoms with E-state index in [9.17, 15) is 48.3 Å². The van der Waals surface area contributed by atoms with Crippen LogP contribution in [0.1, 0.15) is 96.9 Å². The van der Waals surface area contributed by atoms with Gasteiger partial charge in [0.25, 0.3) is 17.4 Å². The minimum atomic E-state index is -1.97. The molecule has 9 rings (SSSR count). The molecule has 6 N–H and O–H groups in total. The van der Waals surface area contributed by atoms with Gasteiger partial charge in [-0.15, -0.1) is 0 Å². The number of aliphatic hydroxyl groups is 1. The predicted octanol–water partition coefficient (Wildman–Crippen LogP) is 1.17. The van der Waals surface area contributed by atoms with Crippen molar-refractivity contribution < 1.29 is 57.3 Å². The highest BCUT2D eigenvalue weighted by atomic mass is 19.1. The van der Waals surface area contributed by atoms with Gasteiger partial charge in [-0.05, 0) is 67.3 Å². The number of esters is 1. The average Bonchev–Trinajstić information content (AvgIpc) is 4.19. The molecule has 2 aromatic heterocycles. The van der Waals surface area contributed by atoms with E-state index in [4.69, 9.17) is 14.5 Å². The third kappa shape index (κ3) is 12.5. The lowest BCUT2D eigenvalue weighted by atomic mass is 9.80. The number of carbonyl (C=O) groups excluding carboxylic acids is 8. The van der Waals surface area contributed by atoms with Crippen LogP contribution in [0.3, 0.4) is 0 Å². The first kappa shape index (κ1) is 57.0. The van der Waals surface area contributed by atoms with Crippen molar-refractivity contribution in [2.75, 3.05) is 72.2 Å². The van der Waals surface area contributed by atoms with Gasteiger partial charge in [-0.1, -0.05) is 50.1 Å². The minimum Gasteiger partial charge on any atom is -0.458 e. The quantitative estimate of drug-likeness (QED) is 0.0219. The number of nitrogens with one attached hydrogen (secondary N) is 5. The zero-order valence-electron chi connectivity index (χ0n) is 45.0. The van der Waals surface area contributed by atoms with Gasteiger partial charge in [0.05, 0.1) is 55.3 Å². The maximum Gasteiger partial charge on any atom is 0.343 e. The summed E-state index contributed by atoms with van der Waals surface area (Å²) in [6, 6.07) is 11.0. The Labute approximate surface area is 460 Å². The molecule has 0 radical (unpaired) electrons. The molecule has 5 aliphatic rings. The summed E-state index contributed by atoms with van der Waals surface area (Å²) in [6.45, 7) is 6.34. The number of unbranched alkanes of at least 4 members (excludes halogenated alkanes) is 2. The molecule has 80 heavy (non-hydrogen) atoms. The molecular weight excluding hydrogens is 1040 g/mol. The van der Waals surface area contributed by atoms with Crippen LogP contribution < -0.4 is 32.1 Å². The number of nitrogens with zero attached hydrogens (tertiary/aromatic N) is 5. The fourth-order valence-electron chi connectivity index (χ4n) is 11.4. The van der Waals surface area contributed by atoms with E-state index in [1.165, 1.54) is 18.2 Å². The predicted molar refractivity (Wildman–Crippen MR) is 287 cm³/mol. The van der Waals surface area contributed by atoms with E-state index in [1.54, 1.807) is 47.9 Å². The smallest absolute Gasteiger partial charge is 0.343 e. The molecule has 1 saturated heterocycles. The maximum absolute atomic E-state index is 15.5. The van der Waals surface area contributed by atoms with Crippen molar-refractivity contribution in [2.45, 2.75) is 102 Å². The van der Waals surface area contributed by atoms with Crippen molar-refractivity contribution in [3.8, 4) is 11.4 Å². The van der Waals surface area contributed by atoms with E-state index in [0.717, 1.165) is 65.1 Å². The van der Waals surface area contributed by atoms with Crippen LogP contribution in [0.25, 0.3) is 22.3 Å². The number of ether oxygens (including phenoxy) is 2. The number of aryl methyl sites for hydroxylation is 1. The molecule has 7 amide bonds. The molecule has 0 bridgehead atoms. The molecule has 0 unspecified atom stereocenters. The van der Waals surface area contributed by atoms with Gasteiger partial charge in [-0.2, -0.15) is 0 Å². The molecule has 1 aliphatic carbocycles. The Morgan fingerprint density at radius 2 is 1.56 bits per heavy atom. The van der Waals surface area contributed by atoms with E-state index in [1.807, 2.05) is 6.92 Å². The van der Waals surface area contributed by atoms with Crippen molar-refractivity contribution in [1.82, 2.24) is 50.8 Å². The van der Waals surface area contributed by atoms with Gasteiger partial charge in [0.2, 0.25) is 29.5 Å². The first-order valence-corrected chi connectivity index (χ1v) is 27.3. The molecule has 0 saturated carbocycles. The van der Waals surface area contributed by atoms with Crippen molar-refractivity contribution in [2.24, 2.45) is 0 Å². The van der Waals surface area contributed by atoms with Crippen molar-refractivity contribution in [3.63, 3.8) is 0 Å². The fraction of sp³-hybridized carbons (Fsp3) is 0.474. The van der Waals surface area contributed by atoms with Gasteiger partial charge < -0.3 is 45.7 Å². The van der Waals surface area contributed by atoms with Gasteiger partial charge in [0.15, 0.2) is 5.60 Å². The number of cyclic esters (lactones) is 1. The number of imide groups is 1. The van der Waals surface area contributed by atoms with Gasteiger partial charge in [0.1, 0.15) is 25.2 Å². The zero-order valence-corrected chi connectivity index (χ0v) is 45.0.